The molecule has 1 aliphatic carbocycles. The van der Waals surface area contributed by atoms with E-state index in [-0.39, 0.29) is 12.5 Å². The Labute approximate surface area is 123 Å². The van der Waals surface area contributed by atoms with Crippen LogP contribution < -0.4 is 5.32 Å². The van der Waals surface area contributed by atoms with Gasteiger partial charge in [-0.05, 0) is 25.7 Å². The molecule has 5 heteroatoms. The first kappa shape index (κ1) is 13.8. The van der Waals surface area contributed by atoms with E-state index in [1.165, 1.54) is 0 Å². The molecule has 1 aromatic heterocycles. The summed E-state index contributed by atoms with van der Waals surface area (Å²) in [6.45, 7) is 0.188. The van der Waals surface area contributed by atoms with Crippen molar-refractivity contribution in [3.8, 4) is 11.3 Å². The molecule has 0 aliphatic heterocycles. The van der Waals surface area contributed by atoms with Gasteiger partial charge in [0.1, 0.15) is 5.60 Å². The Hall–Kier alpha value is -2.14. The maximum atomic E-state index is 12.0. The smallest absolute Gasteiger partial charge is 0.252 e. The zero-order valence-corrected chi connectivity index (χ0v) is 11.7. The van der Waals surface area contributed by atoms with E-state index in [9.17, 15) is 9.90 Å². The van der Waals surface area contributed by atoms with Crippen molar-refractivity contribution in [2.75, 3.05) is 0 Å². The average Bonchev–Trinajstić information content (AvgIpc) is 3.15. The number of nitrogens with one attached hydrogen (secondary N) is 1. The molecular weight excluding hydrogens is 268 g/mol. The predicted octanol–water partition coefficient (Wildman–Crippen LogP) is 2.26. The number of aromatic nitrogens is 1. The van der Waals surface area contributed by atoms with Crippen molar-refractivity contribution in [1.82, 2.24) is 10.3 Å². The lowest BCUT2D eigenvalue weighted by Crippen LogP contribution is -2.44. The second-order valence-corrected chi connectivity index (χ2v) is 5.41. The lowest BCUT2D eigenvalue weighted by atomic mass is 10.0. The standard InChI is InChI=1S/C16H18N2O3/c19-15(16(20)8-4-5-9-16)18-11-14-17-10-13(21-14)12-6-2-1-3-7-12/h1-3,6-7,10,20H,4-5,8-9,11H2,(H,18,19). The molecule has 1 saturated carbocycles. The predicted molar refractivity (Wildman–Crippen MR) is 77.2 cm³/mol. The molecule has 1 aromatic carbocycles. The van der Waals surface area contributed by atoms with Crippen LogP contribution in [0.25, 0.3) is 11.3 Å². The molecule has 1 fully saturated rings. The van der Waals surface area contributed by atoms with Gasteiger partial charge in [-0.1, -0.05) is 30.3 Å². The summed E-state index contributed by atoms with van der Waals surface area (Å²) in [4.78, 5) is 16.1. The van der Waals surface area contributed by atoms with Crippen molar-refractivity contribution in [1.29, 1.82) is 0 Å². The van der Waals surface area contributed by atoms with Crippen molar-refractivity contribution >= 4 is 5.91 Å². The highest BCUT2D eigenvalue weighted by Gasteiger charge is 2.38. The van der Waals surface area contributed by atoms with Crippen molar-refractivity contribution in [2.24, 2.45) is 0 Å². The third kappa shape index (κ3) is 2.97. The van der Waals surface area contributed by atoms with Crippen molar-refractivity contribution in [3.63, 3.8) is 0 Å². The van der Waals surface area contributed by atoms with E-state index in [2.05, 4.69) is 10.3 Å². The first-order valence-corrected chi connectivity index (χ1v) is 7.18. The second kappa shape index (κ2) is 5.69. The summed E-state index contributed by atoms with van der Waals surface area (Å²) in [6, 6.07) is 9.65. The fraction of sp³-hybridized carbons (Fsp3) is 0.375. The fourth-order valence-electron chi connectivity index (χ4n) is 2.64. The summed E-state index contributed by atoms with van der Waals surface area (Å²) in [5.74, 6) is 0.766. The number of amides is 1. The van der Waals surface area contributed by atoms with Gasteiger partial charge in [-0.15, -0.1) is 0 Å². The van der Waals surface area contributed by atoms with Crippen LogP contribution >= 0.6 is 0 Å². The molecule has 0 atom stereocenters. The number of aliphatic hydroxyl groups is 1. The van der Waals surface area contributed by atoms with Gasteiger partial charge in [-0.3, -0.25) is 4.79 Å². The zero-order chi connectivity index (χ0) is 14.7. The highest BCUT2D eigenvalue weighted by molar-refractivity contribution is 5.85. The largest absolute Gasteiger partial charge is 0.439 e. The van der Waals surface area contributed by atoms with Gasteiger partial charge < -0.3 is 14.8 Å². The van der Waals surface area contributed by atoms with Crippen LogP contribution in [0.3, 0.4) is 0 Å². The van der Waals surface area contributed by atoms with E-state index in [0.717, 1.165) is 18.4 Å². The number of carbonyl (C=O) groups is 1. The molecule has 21 heavy (non-hydrogen) atoms. The highest BCUT2D eigenvalue weighted by atomic mass is 16.4. The molecule has 0 unspecified atom stereocenters. The van der Waals surface area contributed by atoms with Crippen LogP contribution in [-0.2, 0) is 11.3 Å². The quantitative estimate of drug-likeness (QED) is 0.904. The molecule has 3 rings (SSSR count). The SMILES string of the molecule is O=C(NCc1ncc(-c2ccccc2)o1)C1(O)CCCC1. The molecule has 1 aliphatic rings. The number of oxazole rings is 1. The number of hydrogen-bond donors (Lipinski definition) is 2. The maximum absolute atomic E-state index is 12.0. The van der Waals surface area contributed by atoms with E-state index in [1.807, 2.05) is 30.3 Å². The molecule has 0 bridgehead atoms. The van der Waals surface area contributed by atoms with Crippen LogP contribution in [0.1, 0.15) is 31.6 Å². The Bertz CT molecular complexity index is 615. The van der Waals surface area contributed by atoms with Gasteiger partial charge in [0.25, 0.3) is 5.91 Å². The first-order chi connectivity index (χ1) is 10.2. The Kier molecular flexibility index (Phi) is 3.75. The van der Waals surface area contributed by atoms with Gasteiger partial charge in [0.05, 0.1) is 12.7 Å². The van der Waals surface area contributed by atoms with E-state index < -0.39 is 5.60 Å². The van der Waals surface area contributed by atoms with Crippen LogP contribution in [0.15, 0.2) is 40.9 Å². The lowest BCUT2D eigenvalue weighted by molar-refractivity contribution is -0.139. The number of rotatable bonds is 4. The number of benzene rings is 1. The van der Waals surface area contributed by atoms with Gasteiger partial charge in [0.2, 0.25) is 5.89 Å². The van der Waals surface area contributed by atoms with Crippen LogP contribution in [0.2, 0.25) is 0 Å². The summed E-state index contributed by atoms with van der Waals surface area (Å²) >= 11 is 0. The number of carbonyl (C=O) groups excluding carboxylic acids is 1. The van der Waals surface area contributed by atoms with Crippen LogP contribution in [-0.4, -0.2) is 21.6 Å². The van der Waals surface area contributed by atoms with Crippen LogP contribution in [0.5, 0.6) is 0 Å². The van der Waals surface area contributed by atoms with E-state index in [0.29, 0.717) is 24.5 Å². The Balaban J connectivity index is 1.62. The molecule has 110 valence electrons. The Morgan fingerprint density at radius 2 is 2.00 bits per heavy atom. The van der Waals surface area contributed by atoms with Gasteiger partial charge in [-0.2, -0.15) is 0 Å². The van der Waals surface area contributed by atoms with Crippen molar-refractivity contribution < 1.29 is 14.3 Å². The molecule has 1 heterocycles. The molecule has 2 N–H and O–H groups in total. The third-order valence-corrected chi connectivity index (χ3v) is 3.87. The molecule has 1 amide bonds. The highest BCUT2D eigenvalue weighted by Crippen LogP contribution is 2.29. The summed E-state index contributed by atoms with van der Waals surface area (Å²) in [5.41, 5.74) is -0.272. The summed E-state index contributed by atoms with van der Waals surface area (Å²) in [5, 5.41) is 12.9. The van der Waals surface area contributed by atoms with Gasteiger partial charge in [-0.25, -0.2) is 4.98 Å². The fourth-order valence-corrected chi connectivity index (χ4v) is 2.64. The minimum Gasteiger partial charge on any atom is -0.439 e. The van der Waals surface area contributed by atoms with Crippen LogP contribution in [0, 0.1) is 0 Å². The Morgan fingerprint density at radius 1 is 1.29 bits per heavy atom. The normalized spacial score (nSPS) is 16.8. The summed E-state index contributed by atoms with van der Waals surface area (Å²) in [7, 11) is 0. The number of nitrogens with zero attached hydrogens (tertiary/aromatic N) is 1. The maximum Gasteiger partial charge on any atom is 0.252 e. The van der Waals surface area contributed by atoms with E-state index >= 15 is 0 Å². The minimum absolute atomic E-state index is 0.188. The topological polar surface area (TPSA) is 75.4 Å². The van der Waals surface area contributed by atoms with Crippen molar-refractivity contribution in [3.05, 3.63) is 42.4 Å². The molecular formula is C16H18N2O3. The average molecular weight is 286 g/mol. The summed E-state index contributed by atoms with van der Waals surface area (Å²) in [6.07, 6.45) is 4.47. The Morgan fingerprint density at radius 3 is 2.71 bits per heavy atom. The minimum atomic E-state index is -1.21. The molecule has 5 nitrogen and oxygen atoms in total. The van der Waals surface area contributed by atoms with Gasteiger partial charge in [0.15, 0.2) is 5.76 Å². The zero-order valence-electron chi connectivity index (χ0n) is 11.7. The van der Waals surface area contributed by atoms with Gasteiger partial charge >= 0.3 is 0 Å². The summed E-state index contributed by atoms with van der Waals surface area (Å²) < 4.78 is 5.61. The van der Waals surface area contributed by atoms with Gasteiger partial charge in [0, 0.05) is 5.56 Å². The van der Waals surface area contributed by atoms with Crippen molar-refractivity contribution in [2.45, 2.75) is 37.8 Å². The monoisotopic (exact) mass is 286 g/mol. The third-order valence-electron chi connectivity index (χ3n) is 3.87. The van der Waals surface area contributed by atoms with E-state index in [1.54, 1.807) is 6.20 Å². The van der Waals surface area contributed by atoms with E-state index in [4.69, 9.17) is 4.42 Å². The second-order valence-electron chi connectivity index (χ2n) is 5.41. The molecule has 0 radical (unpaired) electrons. The lowest BCUT2D eigenvalue weighted by Gasteiger charge is -2.20. The number of hydrogen-bond acceptors (Lipinski definition) is 4. The first-order valence-electron chi connectivity index (χ1n) is 7.18. The molecule has 2 aromatic rings. The van der Waals surface area contributed by atoms with Crippen LogP contribution in [0.4, 0.5) is 0 Å². The molecule has 0 saturated heterocycles. The molecule has 0 spiro atoms.